The number of aliphatic hydroxyl groups excluding tert-OH is 1. The molecule has 0 amide bonds. The molecule has 1 aliphatic rings. The summed E-state index contributed by atoms with van der Waals surface area (Å²) < 4.78 is 0. The molecule has 1 rings (SSSR count). The third-order valence-electron chi connectivity index (χ3n) is 1.44. The quantitative estimate of drug-likeness (QED) is 0.470. The molecule has 42 valence electrons. The van der Waals surface area contributed by atoms with Gasteiger partial charge in [-0.1, -0.05) is 0 Å². The Kier molecular flexibility index (Phi) is 1.05. The van der Waals surface area contributed by atoms with Gasteiger partial charge in [0.15, 0.2) is 0 Å². The fraction of sp³-hybridized carbons (Fsp3) is 1.00. The number of aliphatic hydroxyl groups is 1. The van der Waals surface area contributed by atoms with Crippen molar-refractivity contribution in [1.29, 1.82) is 0 Å². The molecule has 0 radical (unpaired) electrons. The zero-order chi connectivity index (χ0) is 5.33. The molecular formula is C5H11NO. The summed E-state index contributed by atoms with van der Waals surface area (Å²) in [5.74, 6) is 0. The molecule has 0 spiro atoms. The van der Waals surface area contributed by atoms with Crippen LogP contribution in [0.15, 0.2) is 0 Å². The van der Waals surface area contributed by atoms with E-state index in [0.717, 1.165) is 13.0 Å². The molecule has 1 unspecified atom stereocenters. The summed E-state index contributed by atoms with van der Waals surface area (Å²) in [5, 5.41) is 11.6. The van der Waals surface area contributed by atoms with Gasteiger partial charge in [-0.15, -0.1) is 0 Å². The molecule has 0 aliphatic carbocycles. The SMILES string of the molecule is CC1(CCO)CN1. The van der Waals surface area contributed by atoms with E-state index < -0.39 is 0 Å². The monoisotopic (exact) mass is 101 g/mol. The average Bonchev–Trinajstić information content (AvgIpc) is 2.22. The van der Waals surface area contributed by atoms with Crippen LogP contribution in [0.25, 0.3) is 0 Å². The minimum atomic E-state index is 0.300. The van der Waals surface area contributed by atoms with E-state index in [9.17, 15) is 0 Å². The van der Waals surface area contributed by atoms with Crippen LogP contribution in [0.2, 0.25) is 0 Å². The van der Waals surface area contributed by atoms with E-state index in [1.54, 1.807) is 0 Å². The molecule has 1 aliphatic heterocycles. The molecule has 2 heteroatoms. The first-order valence-corrected chi connectivity index (χ1v) is 2.63. The van der Waals surface area contributed by atoms with Crippen molar-refractivity contribution in [3.8, 4) is 0 Å². The van der Waals surface area contributed by atoms with Crippen LogP contribution in [0, 0.1) is 0 Å². The van der Waals surface area contributed by atoms with Crippen LogP contribution >= 0.6 is 0 Å². The van der Waals surface area contributed by atoms with Crippen molar-refractivity contribution >= 4 is 0 Å². The lowest BCUT2D eigenvalue weighted by Gasteiger charge is -1.99. The van der Waals surface area contributed by atoms with Crippen molar-refractivity contribution in [2.45, 2.75) is 18.9 Å². The second-order valence-corrected chi connectivity index (χ2v) is 2.39. The standard InChI is InChI=1S/C5H11NO/c1-5(2-3-7)4-6-5/h6-7H,2-4H2,1H3. The number of rotatable bonds is 2. The second-order valence-electron chi connectivity index (χ2n) is 2.39. The maximum Gasteiger partial charge on any atom is 0.0448 e. The van der Waals surface area contributed by atoms with Crippen LogP contribution in [0.3, 0.4) is 0 Å². The Morgan fingerprint density at radius 2 is 2.43 bits per heavy atom. The minimum absolute atomic E-state index is 0.300. The van der Waals surface area contributed by atoms with Gasteiger partial charge in [0.05, 0.1) is 0 Å². The van der Waals surface area contributed by atoms with Crippen molar-refractivity contribution in [1.82, 2.24) is 5.32 Å². The minimum Gasteiger partial charge on any atom is -0.396 e. The van der Waals surface area contributed by atoms with Gasteiger partial charge < -0.3 is 10.4 Å². The average molecular weight is 101 g/mol. The van der Waals surface area contributed by atoms with Gasteiger partial charge in [-0.3, -0.25) is 0 Å². The van der Waals surface area contributed by atoms with E-state index in [-0.39, 0.29) is 0 Å². The molecule has 2 nitrogen and oxygen atoms in total. The molecule has 1 heterocycles. The van der Waals surface area contributed by atoms with Crippen molar-refractivity contribution < 1.29 is 5.11 Å². The summed E-state index contributed by atoms with van der Waals surface area (Å²) in [6, 6.07) is 0. The highest BCUT2D eigenvalue weighted by molar-refractivity contribution is 4.98. The summed E-state index contributed by atoms with van der Waals surface area (Å²) in [6.07, 6.45) is 0.896. The van der Waals surface area contributed by atoms with Gasteiger partial charge in [0, 0.05) is 18.7 Å². The fourth-order valence-corrected chi connectivity index (χ4v) is 0.574. The molecule has 1 saturated heterocycles. The molecular weight excluding hydrogens is 90.1 g/mol. The van der Waals surface area contributed by atoms with Gasteiger partial charge in [-0.05, 0) is 13.3 Å². The molecule has 0 saturated carbocycles. The van der Waals surface area contributed by atoms with E-state index in [4.69, 9.17) is 5.11 Å². The lowest BCUT2D eigenvalue weighted by atomic mass is 10.1. The van der Waals surface area contributed by atoms with Gasteiger partial charge in [-0.25, -0.2) is 0 Å². The normalized spacial score (nSPS) is 38.6. The zero-order valence-electron chi connectivity index (χ0n) is 4.57. The maximum absolute atomic E-state index is 8.40. The lowest BCUT2D eigenvalue weighted by molar-refractivity contribution is 0.273. The lowest BCUT2D eigenvalue weighted by Crippen LogP contribution is -2.10. The first kappa shape index (κ1) is 5.06. The smallest absolute Gasteiger partial charge is 0.0448 e. The van der Waals surface area contributed by atoms with E-state index in [2.05, 4.69) is 12.2 Å². The van der Waals surface area contributed by atoms with Gasteiger partial charge in [0.2, 0.25) is 0 Å². The Hall–Kier alpha value is -0.0800. The van der Waals surface area contributed by atoms with Crippen LogP contribution in [-0.4, -0.2) is 23.8 Å². The summed E-state index contributed by atoms with van der Waals surface area (Å²) in [4.78, 5) is 0. The molecule has 0 aromatic heterocycles. The zero-order valence-corrected chi connectivity index (χ0v) is 4.57. The Labute approximate surface area is 43.5 Å². The van der Waals surface area contributed by atoms with E-state index in [1.807, 2.05) is 0 Å². The number of hydrogen-bond donors (Lipinski definition) is 2. The third kappa shape index (κ3) is 1.14. The van der Waals surface area contributed by atoms with Gasteiger partial charge in [0.25, 0.3) is 0 Å². The van der Waals surface area contributed by atoms with Crippen LogP contribution in [-0.2, 0) is 0 Å². The van der Waals surface area contributed by atoms with Crippen LogP contribution < -0.4 is 5.32 Å². The molecule has 7 heavy (non-hydrogen) atoms. The molecule has 0 aromatic carbocycles. The largest absolute Gasteiger partial charge is 0.396 e. The van der Waals surface area contributed by atoms with Crippen LogP contribution in [0.1, 0.15) is 13.3 Å². The summed E-state index contributed by atoms with van der Waals surface area (Å²) in [5.41, 5.74) is 0.300. The fourth-order valence-electron chi connectivity index (χ4n) is 0.574. The Morgan fingerprint density at radius 3 is 2.57 bits per heavy atom. The van der Waals surface area contributed by atoms with Crippen molar-refractivity contribution in [2.24, 2.45) is 0 Å². The van der Waals surface area contributed by atoms with Crippen molar-refractivity contribution in [3.05, 3.63) is 0 Å². The van der Waals surface area contributed by atoms with Gasteiger partial charge >= 0.3 is 0 Å². The summed E-state index contributed by atoms with van der Waals surface area (Å²) >= 11 is 0. The van der Waals surface area contributed by atoms with Crippen molar-refractivity contribution in [3.63, 3.8) is 0 Å². The molecule has 0 bridgehead atoms. The predicted molar refractivity (Wildman–Crippen MR) is 28.1 cm³/mol. The first-order valence-electron chi connectivity index (χ1n) is 2.63. The van der Waals surface area contributed by atoms with Gasteiger partial charge in [-0.2, -0.15) is 0 Å². The number of hydrogen-bond acceptors (Lipinski definition) is 2. The Morgan fingerprint density at radius 1 is 1.86 bits per heavy atom. The third-order valence-corrected chi connectivity index (χ3v) is 1.44. The van der Waals surface area contributed by atoms with E-state index >= 15 is 0 Å². The van der Waals surface area contributed by atoms with Crippen LogP contribution in [0.5, 0.6) is 0 Å². The summed E-state index contributed by atoms with van der Waals surface area (Å²) in [6.45, 7) is 3.50. The van der Waals surface area contributed by atoms with Crippen LogP contribution in [0.4, 0.5) is 0 Å². The molecule has 0 aromatic rings. The highest BCUT2D eigenvalue weighted by Crippen LogP contribution is 2.18. The topological polar surface area (TPSA) is 42.2 Å². The molecule has 1 fully saturated rings. The molecule has 2 N–H and O–H groups in total. The highest BCUT2D eigenvalue weighted by Gasteiger charge is 2.34. The molecule has 1 atom stereocenters. The Bertz CT molecular complexity index is 68.5. The number of nitrogens with one attached hydrogen (secondary N) is 1. The Balaban J connectivity index is 2.13. The second kappa shape index (κ2) is 1.46. The highest BCUT2D eigenvalue weighted by atomic mass is 16.3. The maximum atomic E-state index is 8.40. The first-order chi connectivity index (χ1) is 3.27. The van der Waals surface area contributed by atoms with Gasteiger partial charge in [0.1, 0.15) is 0 Å². The van der Waals surface area contributed by atoms with Crippen molar-refractivity contribution in [2.75, 3.05) is 13.2 Å². The summed E-state index contributed by atoms with van der Waals surface area (Å²) in [7, 11) is 0. The van der Waals surface area contributed by atoms with E-state index in [1.165, 1.54) is 0 Å². The predicted octanol–water partition coefficient (Wildman–Crippen LogP) is -0.269. The van der Waals surface area contributed by atoms with E-state index in [0.29, 0.717) is 12.1 Å².